The first-order chi connectivity index (χ1) is 9.74. The van der Waals surface area contributed by atoms with Gasteiger partial charge in [0.2, 0.25) is 0 Å². The molecule has 1 aliphatic heterocycles. The summed E-state index contributed by atoms with van der Waals surface area (Å²) in [6, 6.07) is 13.7. The van der Waals surface area contributed by atoms with Crippen LogP contribution >= 0.6 is 31.9 Å². The molecule has 0 aliphatic carbocycles. The maximum Gasteiger partial charge on any atom is 0.189 e. The van der Waals surface area contributed by atoms with Gasteiger partial charge in [-0.3, -0.25) is 0 Å². The Balaban J connectivity index is 1.84. The summed E-state index contributed by atoms with van der Waals surface area (Å²) in [5.41, 5.74) is 2.08. The summed E-state index contributed by atoms with van der Waals surface area (Å²) in [6.45, 7) is 0.803. The molecule has 0 saturated heterocycles. The van der Waals surface area contributed by atoms with Crippen LogP contribution in [0.15, 0.2) is 42.5 Å². The molecule has 20 heavy (non-hydrogen) atoms. The molecule has 2 aromatic carbocycles. The number of ether oxygens (including phenoxy) is 3. The molecular formula is C15H12Br2O3. The van der Waals surface area contributed by atoms with Crippen molar-refractivity contribution in [2.75, 3.05) is 6.79 Å². The summed E-state index contributed by atoms with van der Waals surface area (Å²) in [7, 11) is 0. The Kier molecular flexibility index (Phi) is 4.29. The first kappa shape index (κ1) is 13.9. The van der Waals surface area contributed by atoms with Gasteiger partial charge < -0.3 is 14.2 Å². The van der Waals surface area contributed by atoms with E-state index in [9.17, 15) is 0 Å². The first-order valence-corrected chi connectivity index (χ1v) is 7.95. The first-order valence-electron chi connectivity index (χ1n) is 6.12. The van der Waals surface area contributed by atoms with Crippen molar-refractivity contribution < 1.29 is 14.2 Å². The molecule has 3 nitrogen and oxygen atoms in total. The van der Waals surface area contributed by atoms with Gasteiger partial charge in [0.15, 0.2) is 6.79 Å². The van der Waals surface area contributed by atoms with E-state index in [2.05, 4.69) is 31.9 Å². The van der Waals surface area contributed by atoms with Crippen molar-refractivity contribution in [3.05, 3.63) is 53.6 Å². The standard InChI is InChI=1S/C15H12Br2O3/c16-15(17)10-4-6-11(7-5-10)20-14-3-1-2-13-12(14)8-18-9-19-13/h1-7,15H,8-9H2. The highest BCUT2D eigenvalue weighted by atomic mass is 79.9. The fraction of sp³-hybridized carbons (Fsp3) is 0.200. The molecule has 0 unspecified atom stereocenters. The van der Waals surface area contributed by atoms with Gasteiger partial charge in [-0.05, 0) is 29.8 Å². The predicted molar refractivity (Wildman–Crippen MR) is 83.8 cm³/mol. The van der Waals surface area contributed by atoms with Gasteiger partial charge in [-0.1, -0.05) is 50.1 Å². The molecule has 0 spiro atoms. The third-order valence-corrected chi connectivity index (χ3v) is 4.05. The second-order valence-electron chi connectivity index (χ2n) is 4.32. The van der Waals surface area contributed by atoms with Crippen LogP contribution in [0.25, 0.3) is 0 Å². The van der Waals surface area contributed by atoms with Crippen molar-refractivity contribution in [3.63, 3.8) is 0 Å². The fourth-order valence-corrected chi connectivity index (χ4v) is 2.59. The van der Waals surface area contributed by atoms with Gasteiger partial charge in [0.1, 0.15) is 17.2 Å². The topological polar surface area (TPSA) is 27.7 Å². The number of alkyl halides is 2. The Labute approximate surface area is 134 Å². The lowest BCUT2D eigenvalue weighted by atomic mass is 10.1. The quantitative estimate of drug-likeness (QED) is 0.669. The Morgan fingerprint density at radius 3 is 2.60 bits per heavy atom. The molecule has 1 aliphatic rings. The highest BCUT2D eigenvalue weighted by Crippen LogP contribution is 2.35. The third-order valence-electron chi connectivity index (χ3n) is 2.99. The highest BCUT2D eigenvalue weighted by Gasteiger charge is 2.16. The van der Waals surface area contributed by atoms with Crippen molar-refractivity contribution >= 4 is 31.9 Å². The second-order valence-corrected chi connectivity index (χ2v) is 7.38. The summed E-state index contributed by atoms with van der Waals surface area (Å²) in [4.78, 5) is 0. The van der Waals surface area contributed by atoms with Crippen LogP contribution in [-0.4, -0.2) is 6.79 Å². The van der Waals surface area contributed by atoms with Crippen LogP contribution in [0, 0.1) is 0 Å². The number of benzene rings is 2. The van der Waals surface area contributed by atoms with E-state index >= 15 is 0 Å². The van der Waals surface area contributed by atoms with Gasteiger partial charge in [0.25, 0.3) is 0 Å². The average molecular weight is 400 g/mol. The molecule has 0 radical (unpaired) electrons. The van der Waals surface area contributed by atoms with E-state index in [-0.39, 0.29) is 3.74 Å². The maximum absolute atomic E-state index is 5.92. The van der Waals surface area contributed by atoms with Gasteiger partial charge in [-0.25, -0.2) is 0 Å². The molecule has 0 saturated carbocycles. The Bertz CT molecular complexity index is 597. The predicted octanol–water partition coefficient (Wildman–Crippen LogP) is 5.13. The van der Waals surface area contributed by atoms with Crippen LogP contribution in [0.3, 0.4) is 0 Å². The van der Waals surface area contributed by atoms with Gasteiger partial charge in [0.05, 0.1) is 15.9 Å². The van der Waals surface area contributed by atoms with Crippen LogP contribution in [0.2, 0.25) is 0 Å². The summed E-state index contributed by atoms with van der Waals surface area (Å²) >= 11 is 6.93. The molecule has 104 valence electrons. The van der Waals surface area contributed by atoms with Crippen molar-refractivity contribution in [2.24, 2.45) is 0 Å². The largest absolute Gasteiger partial charge is 0.467 e. The molecule has 0 aromatic heterocycles. The molecule has 5 heteroatoms. The Hall–Kier alpha value is -1.04. The number of fused-ring (bicyclic) bond motifs is 1. The molecule has 0 amide bonds. The van der Waals surface area contributed by atoms with Crippen molar-refractivity contribution in [2.45, 2.75) is 10.3 Å². The fourth-order valence-electron chi connectivity index (χ4n) is 1.98. The Morgan fingerprint density at radius 2 is 1.85 bits per heavy atom. The number of hydrogen-bond donors (Lipinski definition) is 0. The minimum Gasteiger partial charge on any atom is -0.467 e. The van der Waals surface area contributed by atoms with Crippen molar-refractivity contribution in [1.29, 1.82) is 0 Å². The molecule has 2 aromatic rings. The van der Waals surface area contributed by atoms with Crippen molar-refractivity contribution in [3.8, 4) is 17.2 Å². The van der Waals surface area contributed by atoms with Gasteiger partial charge in [0, 0.05) is 0 Å². The smallest absolute Gasteiger partial charge is 0.189 e. The molecule has 1 heterocycles. The molecular weight excluding hydrogens is 388 g/mol. The van der Waals surface area contributed by atoms with E-state index < -0.39 is 0 Å². The van der Waals surface area contributed by atoms with Crippen molar-refractivity contribution in [1.82, 2.24) is 0 Å². The number of hydrogen-bond acceptors (Lipinski definition) is 3. The van der Waals surface area contributed by atoms with Gasteiger partial charge >= 0.3 is 0 Å². The minimum absolute atomic E-state index is 0.148. The van der Waals surface area contributed by atoms with E-state index in [0.29, 0.717) is 13.4 Å². The minimum atomic E-state index is 0.148. The van der Waals surface area contributed by atoms with Crippen LogP contribution in [0.1, 0.15) is 14.9 Å². The van der Waals surface area contributed by atoms with Gasteiger partial charge in [-0.15, -0.1) is 0 Å². The van der Waals surface area contributed by atoms with Gasteiger partial charge in [-0.2, -0.15) is 0 Å². The molecule has 0 bridgehead atoms. The number of rotatable bonds is 3. The van der Waals surface area contributed by atoms with E-state index in [1.807, 2.05) is 42.5 Å². The summed E-state index contributed by atoms with van der Waals surface area (Å²) in [6.07, 6.45) is 0. The van der Waals surface area contributed by atoms with Crippen LogP contribution in [-0.2, 0) is 11.3 Å². The van der Waals surface area contributed by atoms with E-state index in [0.717, 1.165) is 28.4 Å². The van der Waals surface area contributed by atoms with Crippen LogP contribution < -0.4 is 9.47 Å². The zero-order valence-corrected chi connectivity index (χ0v) is 13.7. The summed E-state index contributed by atoms with van der Waals surface area (Å²) in [5, 5.41) is 0. The summed E-state index contributed by atoms with van der Waals surface area (Å²) in [5.74, 6) is 2.38. The molecule has 0 N–H and O–H groups in total. The second kappa shape index (κ2) is 6.16. The maximum atomic E-state index is 5.92. The normalized spacial score (nSPS) is 13.8. The van der Waals surface area contributed by atoms with E-state index in [4.69, 9.17) is 14.2 Å². The van der Waals surface area contributed by atoms with E-state index in [1.54, 1.807) is 0 Å². The lowest BCUT2D eigenvalue weighted by Crippen LogP contribution is -2.11. The average Bonchev–Trinajstić information content (AvgIpc) is 2.48. The summed E-state index contributed by atoms with van der Waals surface area (Å²) < 4.78 is 16.8. The van der Waals surface area contributed by atoms with Crippen LogP contribution in [0.4, 0.5) is 0 Å². The lowest BCUT2D eigenvalue weighted by molar-refractivity contribution is -0.0173. The third kappa shape index (κ3) is 3.00. The SMILES string of the molecule is BrC(Br)c1ccc(Oc2cccc3c2COCO3)cc1. The highest BCUT2D eigenvalue weighted by molar-refractivity contribution is 9.24. The van der Waals surface area contributed by atoms with E-state index in [1.165, 1.54) is 0 Å². The zero-order chi connectivity index (χ0) is 13.9. The van der Waals surface area contributed by atoms with Crippen LogP contribution in [0.5, 0.6) is 17.2 Å². The molecule has 3 rings (SSSR count). The lowest BCUT2D eigenvalue weighted by Gasteiger charge is -2.20. The number of halogens is 2. The zero-order valence-electron chi connectivity index (χ0n) is 10.5. The Morgan fingerprint density at radius 1 is 1.05 bits per heavy atom. The monoisotopic (exact) mass is 398 g/mol. The molecule has 0 atom stereocenters. The molecule has 0 fully saturated rings.